The quantitative estimate of drug-likeness (QED) is 0.279. The third-order valence-electron chi connectivity index (χ3n) is 6.68. The van der Waals surface area contributed by atoms with E-state index in [2.05, 4.69) is 16.9 Å². The summed E-state index contributed by atoms with van der Waals surface area (Å²) in [7, 11) is -3.80. The topological polar surface area (TPSA) is 93.2 Å². The number of halogens is 2. The van der Waals surface area contributed by atoms with Gasteiger partial charge < -0.3 is 5.32 Å². The van der Waals surface area contributed by atoms with Crippen LogP contribution in [0.5, 0.6) is 0 Å². The maximum absolute atomic E-state index is 13.5. The van der Waals surface area contributed by atoms with Crippen molar-refractivity contribution in [3.63, 3.8) is 0 Å². The van der Waals surface area contributed by atoms with Crippen molar-refractivity contribution in [3.8, 4) is 11.3 Å². The fourth-order valence-corrected chi connectivity index (χ4v) is 5.62. The first kappa shape index (κ1) is 29.0. The molecule has 0 aliphatic heterocycles. The Bertz CT molecular complexity index is 1650. The first-order chi connectivity index (χ1) is 18.9. The van der Waals surface area contributed by atoms with Crippen LogP contribution >= 0.6 is 0 Å². The van der Waals surface area contributed by atoms with Crippen LogP contribution in [0.15, 0.2) is 89.5 Å². The zero-order valence-corrected chi connectivity index (χ0v) is 23.2. The number of hydrogen-bond acceptors (Lipinski definition) is 5. The van der Waals surface area contributed by atoms with Gasteiger partial charge in [-0.25, -0.2) is 22.2 Å². The summed E-state index contributed by atoms with van der Waals surface area (Å²) in [5.74, 6) is -4.26. The molecule has 1 heterocycles. The number of alkyl halides is 2. The van der Waals surface area contributed by atoms with Crippen molar-refractivity contribution in [2.45, 2.75) is 45.5 Å². The number of amides is 1. The number of nitrogens with one attached hydrogen (secondary N) is 1. The first-order valence-electron chi connectivity index (χ1n) is 13.0. The average molecular weight is 565 g/mol. The van der Waals surface area contributed by atoms with E-state index in [0.717, 1.165) is 6.92 Å². The smallest absolute Gasteiger partial charge is 0.270 e. The second-order valence-corrected chi connectivity index (χ2v) is 11.9. The zero-order chi connectivity index (χ0) is 29.1. The van der Waals surface area contributed by atoms with E-state index < -0.39 is 32.4 Å². The van der Waals surface area contributed by atoms with Gasteiger partial charge in [0.1, 0.15) is 4.91 Å². The second-order valence-electron chi connectivity index (χ2n) is 9.76. The predicted molar refractivity (Wildman–Crippen MR) is 152 cm³/mol. The number of nitrogens with zero attached hydrogens (tertiary/aromatic N) is 1. The maximum atomic E-state index is 13.5. The molecule has 0 radical (unpaired) electrons. The number of rotatable bonds is 10. The van der Waals surface area contributed by atoms with Crippen LogP contribution < -0.4 is 5.32 Å². The molecular formula is C31H30F2N2O4S. The highest BCUT2D eigenvalue weighted by atomic mass is 32.2. The molecule has 208 valence electrons. The number of carbonyl (C=O) groups excluding carboxylic acids is 2. The second kappa shape index (κ2) is 11.6. The Morgan fingerprint density at radius 1 is 1.02 bits per heavy atom. The van der Waals surface area contributed by atoms with Crippen LogP contribution in [0.25, 0.3) is 22.2 Å². The number of Topliss-reactive ketones (excluding diaryl/α,β-unsaturated/α-hetero) is 1. The minimum atomic E-state index is -3.80. The summed E-state index contributed by atoms with van der Waals surface area (Å²) in [6.07, 6.45) is 5.54. The van der Waals surface area contributed by atoms with Gasteiger partial charge >= 0.3 is 0 Å². The van der Waals surface area contributed by atoms with Gasteiger partial charge in [0.2, 0.25) is 5.78 Å². The molecule has 4 rings (SSSR count). The number of pyridine rings is 1. The lowest BCUT2D eigenvalue weighted by molar-refractivity contribution is -0.111. The van der Waals surface area contributed by atoms with E-state index in [9.17, 15) is 26.8 Å². The Hall–Kier alpha value is -3.98. The number of unbranched alkanes of at least 4 members (excludes halogenated alkanes) is 1. The maximum Gasteiger partial charge on any atom is 0.270 e. The van der Waals surface area contributed by atoms with Crippen molar-refractivity contribution in [1.29, 1.82) is 0 Å². The number of sulfone groups is 1. The van der Waals surface area contributed by atoms with Crippen LogP contribution in [-0.4, -0.2) is 30.8 Å². The molecule has 0 bridgehead atoms. The van der Waals surface area contributed by atoms with Gasteiger partial charge in [-0.2, -0.15) is 0 Å². The molecule has 3 aromatic rings. The average Bonchev–Trinajstić information content (AvgIpc) is 2.94. The van der Waals surface area contributed by atoms with E-state index in [1.165, 1.54) is 12.1 Å². The minimum Gasteiger partial charge on any atom is -0.322 e. The van der Waals surface area contributed by atoms with Crippen molar-refractivity contribution >= 4 is 32.4 Å². The van der Waals surface area contributed by atoms with Gasteiger partial charge in [-0.3, -0.25) is 9.59 Å². The number of fused-ring (bicyclic) bond motifs is 1. The molecule has 9 heteroatoms. The summed E-state index contributed by atoms with van der Waals surface area (Å²) in [6.45, 7) is 6.25. The highest BCUT2D eigenvalue weighted by molar-refractivity contribution is 7.96. The Morgan fingerprint density at radius 3 is 2.40 bits per heavy atom. The Labute approximate surface area is 232 Å². The van der Waals surface area contributed by atoms with Crippen LogP contribution in [0, 0.1) is 0 Å². The molecule has 1 aliphatic carbocycles. The molecule has 1 N–H and O–H groups in total. The van der Waals surface area contributed by atoms with Gasteiger partial charge in [-0.1, -0.05) is 62.4 Å². The lowest BCUT2D eigenvalue weighted by Gasteiger charge is -2.18. The van der Waals surface area contributed by atoms with E-state index in [1.807, 2.05) is 6.92 Å². The Morgan fingerprint density at radius 2 is 1.73 bits per heavy atom. The highest BCUT2D eigenvalue weighted by Crippen LogP contribution is 2.30. The van der Waals surface area contributed by atoms with Gasteiger partial charge in [-0.05, 0) is 43.5 Å². The van der Waals surface area contributed by atoms with Crippen LogP contribution in [0.4, 0.5) is 8.78 Å². The number of hydrogen-bond donors (Lipinski definition) is 1. The fourth-order valence-electron chi connectivity index (χ4n) is 4.31. The standard InChI is InChI=1S/C31H30F2N2O4S/c1-4-5-18-40(38,39)20(2)29(36)25-8-6-7-9-28(25)35-30(37)23-13-17-27-22(19-23)12-16-26(34-27)21-10-14-24(15-11-21)31(3,32)33/h8-17,19H,2,4-7,18H2,1,3H3,(H,35,37). The van der Waals surface area contributed by atoms with Gasteiger partial charge in [-0.15, -0.1) is 0 Å². The molecule has 1 aliphatic rings. The van der Waals surface area contributed by atoms with E-state index in [-0.39, 0.29) is 22.6 Å². The molecule has 1 amide bonds. The fraction of sp³-hybridized carbons (Fsp3) is 0.258. The monoisotopic (exact) mass is 564 g/mol. The SMILES string of the molecule is C=C(C(=O)C1=CCCC=C1NC(=O)c1ccc2nc(-c3ccc(C(C)(F)F)cc3)ccc2c1)S(=O)(=O)CCCC. The summed E-state index contributed by atoms with van der Waals surface area (Å²) in [5, 5.41) is 3.44. The summed E-state index contributed by atoms with van der Waals surface area (Å²) >= 11 is 0. The minimum absolute atomic E-state index is 0.0806. The largest absolute Gasteiger partial charge is 0.322 e. The van der Waals surface area contributed by atoms with Gasteiger partial charge in [0.25, 0.3) is 11.8 Å². The zero-order valence-electron chi connectivity index (χ0n) is 22.3. The summed E-state index contributed by atoms with van der Waals surface area (Å²) < 4.78 is 52.1. The van der Waals surface area contributed by atoms with Crippen molar-refractivity contribution in [3.05, 3.63) is 101 Å². The van der Waals surface area contributed by atoms with E-state index in [1.54, 1.807) is 54.6 Å². The normalized spacial score (nSPS) is 13.9. The third-order valence-corrected chi connectivity index (χ3v) is 8.44. The molecule has 6 nitrogen and oxygen atoms in total. The number of aromatic nitrogens is 1. The molecule has 0 spiro atoms. The summed E-state index contributed by atoms with van der Waals surface area (Å²) in [6, 6.07) is 14.4. The third kappa shape index (κ3) is 6.42. The van der Waals surface area contributed by atoms with Gasteiger partial charge in [0.05, 0.1) is 17.0 Å². The first-order valence-corrected chi connectivity index (χ1v) is 14.6. The Balaban J connectivity index is 1.51. The Kier molecular flexibility index (Phi) is 8.44. The summed E-state index contributed by atoms with van der Waals surface area (Å²) in [4.78, 5) is 30.3. The molecule has 1 aromatic heterocycles. The van der Waals surface area contributed by atoms with Crippen LogP contribution in [0.2, 0.25) is 0 Å². The molecule has 0 atom stereocenters. The molecule has 0 saturated carbocycles. The van der Waals surface area contributed by atoms with Crippen molar-refractivity contribution in [2.24, 2.45) is 0 Å². The molecule has 2 aromatic carbocycles. The molecule has 0 saturated heterocycles. The number of allylic oxidation sites excluding steroid dienone is 4. The number of carbonyl (C=O) groups is 2. The summed E-state index contributed by atoms with van der Waals surface area (Å²) in [5.41, 5.74) is 2.51. The van der Waals surface area contributed by atoms with E-state index in [0.29, 0.717) is 53.4 Å². The van der Waals surface area contributed by atoms with Gasteiger partial charge in [0, 0.05) is 40.3 Å². The molecule has 0 unspecified atom stereocenters. The lowest BCUT2D eigenvalue weighted by Crippen LogP contribution is -2.28. The number of benzene rings is 2. The van der Waals surface area contributed by atoms with Gasteiger partial charge in [0.15, 0.2) is 9.84 Å². The lowest BCUT2D eigenvalue weighted by atomic mass is 9.99. The number of ketones is 1. The molecule has 40 heavy (non-hydrogen) atoms. The van der Waals surface area contributed by atoms with Crippen LogP contribution in [0.3, 0.4) is 0 Å². The molecular weight excluding hydrogens is 534 g/mol. The highest BCUT2D eigenvalue weighted by Gasteiger charge is 2.28. The predicted octanol–water partition coefficient (Wildman–Crippen LogP) is 6.65. The van der Waals surface area contributed by atoms with Crippen molar-refractivity contribution < 1.29 is 26.8 Å². The van der Waals surface area contributed by atoms with Crippen molar-refractivity contribution in [2.75, 3.05) is 5.75 Å². The van der Waals surface area contributed by atoms with E-state index >= 15 is 0 Å². The molecule has 0 fully saturated rings. The van der Waals surface area contributed by atoms with E-state index in [4.69, 9.17) is 0 Å². The van der Waals surface area contributed by atoms with Crippen LogP contribution in [0.1, 0.15) is 55.5 Å². The van der Waals surface area contributed by atoms with Crippen molar-refractivity contribution in [1.82, 2.24) is 10.3 Å². The van der Waals surface area contributed by atoms with Crippen LogP contribution in [-0.2, 0) is 20.6 Å².